The van der Waals surface area contributed by atoms with Crippen LogP contribution in [0.25, 0.3) is 0 Å². The molecule has 1 saturated heterocycles. The number of hydrogen-bond acceptors (Lipinski definition) is 2. The van der Waals surface area contributed by atoms with E-state index in [9.17, 15) is 4.79 Å². The highest BCUT2D eigenvalue weighted by Crippen LogP contribution is 2.20. The van der Waals surface area contributed by atoms with Crippen LogP contribution in [0.4, 0.5) is 0 Å². The van der Waals surface area contributed by atoms with Crippen molar-refractivity contribution in [2.24, 2.45) is 0 Å². The van der Waals surface area contributed by atoms with Crippen LogP contribution in [-0.4, -0.2) is 35.4 Å². The Labute approximate surface area is 78.0 Å². The molecule has 1 rings (SSSR count). The maximum absolute atomic E-state index is 11.3. The van der Waals surface area contributed by atoms with Gasteiger partial charge in [-0.1, -0.05) is 6.58 Å². The predicted octanol–water partition coefficient (Wildman–Crippen LogP) is 1.53. The smallest absolute Gasteiger partial charge is 0.246 e. The van der Waals surface area contributed by atoms with Gasteiger partial charge in [0.1, 0.15) is 0 Å². The van der Waals surface area contributed by atoms with Gasteiger partial charge < -0.3 is 4.90 Å². The Morgan fingerprint density at radius 2 is 2.58 bits per heavy atom. The number of thioether (sulfide) groups is 1. The third-order valence-corrected chi connectivity index (χ3v) is 2.91. The van der Waals surface area contributed by atoms with E-state index in [1.807, 2.05) is 4.90 Å². The van der Waals surface area contributed by atoms with Gasteiger partial charge in [0.2, 0.25) is 5.91 Å². The molecule has 0 radical (unpaired) electrons. The first kappa shape index (κ1) is 9.65. The van der Waals surface area contributed by atoms with E-state index >= 15 is 0 Å². The first-order valence-electron chi connectivity index (χ1n) is 4.21. The van der Waals surface area contributed by atoms with Crippen LogP contribution in [0.2, 0.25) is 0 Å². The third kappa shape index (κ3) is 2.03. The van der Waals surface area contributed by atoms with Gasteiger partial charge in [-0.25, -0.2) is 0 Å². The molecule has 0 aromatic carbocycles. The normalized spacial score (nSPS) is 22.8. The predicted molar refractivity (Wildman–Crippen MR) is 53.3 cm³/mol. The van der Waals surface area contributed by atoms with E-state index in [1.165, 1.54) is 6.08 Å². The Morgan fingerprint density at radius 1 is 1.83 bits per heavy atom. The van der Waals surface area contributed by atoms with Crippen molar-refractivity contribution in [1.29, 1.82) is 0 Å². The van der Waals surface area contributed by atoms with Crippen LogP contribution >= 0.6 is 11.8 Å². The Bertz CT molecular complexity index is 181. The van der Waals surface area contributed by atoms with Crippen molar-refractivity contribution < 1.29 is 4.79 Å². The van der Waals surface area contributed by atoms with Crippen molar-refractivity contribution in [1.82, 2.24) is 4.90 Å². The molecule has 0 aromatic heterocycles. The number of likely N-dealkylation sites (tertiary alicyclic amines) is 1. The summed E-state index contributed by atoms with van der Waals surface area (Å²) in [4.78, 5) is 13.2. The van der Waals surface area contributed by atoms with E-state index in [2.05, 4.69) is 12.8 Å². The molecule has 0 aliphatic carbocycles. The topological polar surface area (TPSA) is 20.3 Å². The molecule has 1 heterocycles. The SMILES string of the molecule is C=CC(=O)N1CCCC1CSC. The standard InChI is InChI=1S/C9H15NOS/c1-3-9(11)10-6-4-5-8(10)7-12-2/h3,8H,1,4-7H2,2H3. The monoisotopic (exact) mass is 185 g/mol. The lowest BCUT2D eigenvalue weighted by Gasteiger charge is -2.22. The van der Waals surface area contributed by atoms with Crippen LogP contribution in [0.15, 0.2) is 12.7 Å². The van der Waals surface area contributed by atoms with Crippen molar-refractivity contribution in [2.75, 3.05) is 18.6 Å². The van der Waals surface area contributed by atoms with Crippen LogP contribution < -0.4 is 0 Å². The zero-order chi connectivity index (χ0) is 8.97. The summed E-state index contributed by atoms with van der Waals surface area (Å²) in [6.45, 7) is 4.41. The zero-order valence-electron chi connectivity index (χ0n) is 7.45. The van der Waals surface area contributed by atoms with Gasteiger partial charge in [-0.05, 0) is 25.2 Å². The maximum Gasteiger partial charge on any atom is 0.246 e. The molecule has 1 aliphatic heterocycles. The number of rotatable bonds is 3. The average molecular weight is 185 g/mol. The minimum Gasteiger partial charge on any atom is -0.335 e. The summed E-state index contributed by atoms with van der Waals surface area (Å²) in [5.74, 6) is 1.14. The highest BCUT2D eigenvalue weighted by Gasteiger charge is 2.26. The zero-order valence-corrected chi connectivity index (χ0v) is 8.27. The molecule has 1 aliphatic rings. The van der Waals surface area contributed by atoms with Gasteiger partial charge in [-0.2, -0.15) is 11.8 Å². The third-order valence-electron chi connectivity index (χ3n) is 2.19. The Kier molecular flexibility index (Phi) is 3.66. The molecule has 68 valence electrons. The second-order valence-electron chi connectivity index (χ2n) is 2.99. The summed E-state index contributed by atoms with van der Waals surface area (Å²) in [7, 11) is 0. The van der Waals surface area contributed by atoms with E-state index in [-0.39, 0.29) is 5.91 Å². The Balaban J connectivity index is 2.51. The molecule has 12 heavy (non-hydrogen) atoms. The van der Waals surface area contributed by atoms with E-state index in [0.29, 0.717) is 6.04 Å². The molecule has 2 nitrogen and oxygen atoms in total. The van der Waals surface area contributed by atoms with Gasteiger partial charge in [0.25, 0.3) is 0 Å². The molecule has 0 N–H and O–H groups in total. The van der Waals surface area contributed by atoms with E-state index in [0.717, 1.165) is 25.1 Å². The van der Waals surface area contributed by atoms with Gasteiger partial charge in [-0.15, -0.1) is 0 Å². The van der Waals surface area contributed by atoms with Gasteiger partial charge in [0.15, 0.2) is 0 Å². The second kappa shape index (κ2) is 4.55. The lowest BCUT2D eigenvalue weighted by molar-refractivity contribution is -0.126. The molecular formula is C9H15NOS. The molecular weight excluding hydrogens is 170 g/mol. The Hall–Kier alpha value is -0.440. The number of hydrogen-bond donors (Lipinski definition) is 0. The molecule has 3 heteroatoms. The lowest BCUT2D eigenvalue weighted by Crippen LogP contribution is -2.35. The van der Waals surface area contributed by atoms with Crippen LogP contribution in [0.3, 0.4) is 0 Å². The summed E-state index contributed by atoms with van der Waals surface area (Å²) < 4.78 is 0. The molecule has 1 fully saturated rings. The van der Waals surface area contributed by atoms with E-state index < -0.39 is 0 Å². The highest BCUT2D eigenvalue weighted by molar-refractivity contribution is 7.98. The fourth-order valence-corrected chi connectivity index (χ4v) is 2.34. The molecule has 1 unspecified atom stereocenters. The first-order valence-corrected chi connectivity index (χ1v) is 5.61. The fraction of sp³-hybridized carbons (Fsp3) is 0.667. The molecule has 0 saturated carbocycles. The number of carbonyl (C=O) groups is 1. The van der Waals surface area contributed by atoms with E-state index in [1.54, 1.807) is 11.8 Å². The van der Waals surface area contributed by atoms with Crippen molar-refractivity contribution >= 4 is 17.7 Å². The number of carbonyl (C=O) groups excluding carboxylic acids is 1. The summed E-state index contributed by atoms with van der Waals surface area (Å²) in [6.07, 6.45) is 5.79. The van der Waals surface area contributed by atoms with Gasteiger partial charge >= 0.3 is 0 Å². The average Bonchev–Trinajstić information content (AvgIpc) is 2.52. The van der Waals surface area contributed by atoms with Crippen LogP contribution in [0.5, 0.6) is 0 Å². The quantitative estimate of drug-likeness (QED) is 0.621. The summed E-state index contributed by atoms with van der Waals surface area (Å²) in [6, 6.07) is 0.450. The molecule has 0 spiro atoms. The molecule has 0 aromatic rings. The largest absolute Gasteiger partial charge is 0.335 e. The van der Waals surface area contributed by atoms with Crippen molar-refractivity contribution in [3.05, 3.63) is 12.7 Å². The minimum absolute atomic E-state index is 0.0894. The van der Waals surface area contributed by atoms with Gasteiger partial charge in [0.05, 0.1) is 0 Å². The van der Waals surface area contributed by atoms with E-state index in [4.69, 9.17) is 0 Å². The second-order valence-corrected chi connectivity index (χ2v) is 3.90. The first-order chi connectivity index (χ1) is 5.79. The summed E-state index contributed by atoms with van der Waals surface area (Å²) >= 11 is 1.80. The van der Waals surface area contributed by atoms with Crippen LogP contribution in [0, 0.1) is 0 Å². The lowest BCUT2D eigenvalue weighted by atomic mass is 10.2. The van der Waals surface area contributed by atoms with Crippen LogP contribution in [0.1, 0.15) is 12.8 Å². The number of amides is 1. The van der Waals surface area contributed by atoms with Crippen molar-refractivity contribution in [2.45, 2.75) is 18.9 Å². The summed E-state index contributed by atoms with van der Waals surface area (Å²) in [5.41, 5.74) is 0. The number of nitrogens with zero attached hydrogens (tertiary/aromatic N) is 1. The fourth-order valence-electron chi connectivity index (χ4n) is 1.61. The summed E-state index contributed by atoms with van der Waals surface area (Å²) in [5, 5.41) is 0. The minimum atomic E-state index is 0.0894. The Morgan fingerprint density at radius 3 is 3.17 bits per heavy atom. The van der Waals surface area contributed by atoms with Crippen LogP contribution in [-0.2, 0) is 4.79 Å². The van der Waals surface area contributed by atoms with Gasteiger partial charge in [-0.3, -0.25) is 4.79 Å². The van der Waals surface area contributed by atoms with Crippen molar-refractivity contribution in [3.8, 4) is 0 Å². The maximum atomic E-state index is 11.3. The van der Waals surface area contributed by atoms with Crippen molar-refractivity contribution in [3.63, 3.8) is 0 Å². The molecule has 1 atom stereocenters. The van der Waals surface area contributed by atoms with Gasteiger partial charge in [0, 0.05) is 18.3 Å². The molecule has 0 bridgehead atoms. The highest BCUT2D eigenvalue weighted by atomic mass is 32.2. The molecule has 1 amide bonds.